The van der Waals surface area contributed by atoms with Gasteiger partial charge in [-0.25, -0.2) is 9.78 Å². The van der Waals surface area contributed by atoms with Crippen molar-refractivity contribution in [3.05, 3.63) is 71.6 Å². The number of hydrogen-bond acceptors (Lipinski definition) is 5. The molecular formula is C27H29N5O3S. The molecule has 3 heterocycles. The highest BCUT2D eigenvalue weighted by atomic mass is 32.1. The number of rotatable bonds is 6. The molecule has 2 atom stereocenters. The quantitative estimate of drug-likeness (QED) is 0.525. The second-order valence-corrected chi connectivity index (χ2v) is 9.93. The fraction of sp³-hybridized carbons (Fsp3) is 0.333. The van der Waals surface area contributed by atoms with Crippen LogP contribution < -0.4 is 10.6 Å². The van der Waals surface area contributed by atoms with E-state index in [9.17, 15) is 14.4 Å². The fourth-order valence-electron chi connectivity index (χ4n) is 4.80. The minimum Gasteiger partial charge on any atom is -0.329 e. The summed E-state index contributed by atoms with van der Waals surface area (Å²) in [6.07, 6.45) is 3.22. The van der Waals surface area contributed by atoms with E-state index in [1.54, 1.807) is 9.80 Å². The third-order valence-electron chi connectivity index (χ3n) is 6.68. The normalized spacial score (nSPS) is 18.2. The number of nitrogens with one attached hydrogen (secondary N) is 2. The lowest BCUT2D eigenvalue weighted by Gasteiger charge is -2.30. The molecule has 0 spiro atoms. The summed E-state index contributed by atoms with van der Waals surface area (Å²) in [7, 11) is 0. The molecule has 2 aromatic carbocycles. The first-order valence-electron chi connectivity index (χ1n) is 12.3. The summed E-state index contributed by atoms with van der Waals surface area (Å²) in [6.45, 7) is 1.84. The lowest BCUT2D eigenvalue weighted by atomic mass is 10.0. The first-order valence-corrected chi connectivity index (χ1v) is 13.2. The van der Waals surface area contributed by atoms with E-state index in [4.69, 9.17) is 0 Å². The van der Waals surface area contributed by atoms with Crippen molar-refractivity contribution in [1.29, 1.82) is 0 Å². The van der Waals surface area contributed by atoms with Crippen LogP contribution in [0.4, 0.5) is 9.93 Å². The van der Waals surface area contributed by atoms with Gasteiger partial charge in [0, 0.05) is 30.6 Å². The van der Waals surface area contributed by atoms with Gasteiger partial charge in [0.1, 0.15) is 12.1 Å². The molecule has 1 aromatic heterocycles. The highest BCUT2D eigenvalue weighted by molar-refractivity contribution is 7.14. The van der Waals surface area contributed by atoms with Gasteiger partial charge in [-0.3, -0.25) is 9.59 Å². The van der Waals surface area contributed by atoms with E-state index in [2.05, 4.69) is 15.6 Å². The van der Waals surface area contributed by atoms with Crippen LogP contribution in [0.1, 0.15) is 37.3 Å². The zero-order valence-corrected chi connectivity index (χ0v) is 20.7. The topological polar surface area (TPSA) is 94.6 Å². The van der Waals surface area contributed by atoms with Crippen molar-refractivity contribution in [2.24, 2.45) is 0 Å². The van der Waals surface area contributed by atoms with Crippen molar-refractivity contribution >= 4 is 34.3 Å². The summed E-state index contributed by atoms with van der Waals surface area (Å²) in [5, 5.41) is 8.24. The zero-order chi connectivity index (χ0) is 24.9. The molecule has 9 heteroatoms. The van der Waals surface area contributed by atoms with Gasteiger partial charge in [-0.15, -0.1) is 11.3 Å². The summed E-state index contributed by atoms with van der Waals surface area (Å²) in [4.78, 5) is 47.8. The molecule has 3 aromatic rings. The number of urea groups is 1. The molecule has 36 heavy (non-hydrogen) atoms. The molecule has 0 radical (unpaired) electrons. The van der Waals surface area contributed by atoms with Crippen molar-refractivity contribution in [2.45, 2.75) is 37.8 Å². The van der Waals surface area contributed by atoms with Gasteiger partial charge in [-0.1, -0.05) is 60.7 Å². The largest absolute Gasteiger partial charge is 0.329 e. The van der Waals surface area contributed by atoms with Gasteiger partial charge in [-0.2, -0.15) is 0 Å². The van der Waals surface area contributed by atoms with Crippen LogP contribution in [0.3, 0.4) is 0 Å². The Balaban J connectivity index is 1.31. The van der Waals surface area contributed by atoms with Gasteiger partial charge < -0.3 is 20.4 Å². The average Bonchev–Trinajstić information content (AvgIpc) is 3.70. The number of carbonyl (C=O) groups excluding carboxylic acids is 3. The first-order chi connectivity index (χ1) is 17.6. The lowest BCUT2D eigenvalue weighted by Crippen LogP contribution is -2.50. The Hall–Kier alpha value is -3.72. The van der Waals surface area contributed by atoms with Crippen LogP contribution in [0.15, 0.2) is 66.0 Å². The zero-order valence-electron chi connectivity index (χ0n) is 19.9. The highest BCUT2D eigenvalue weighted by Gasteiger charge is 2.39. The maximum atomic E-state index is 13.8. The van der Waals surface area contributed by atoms with Crippen molar-refractivity contribution in [2.75, 3.05) is 25.0 Å². The second-order valence-electron chi connectivity index (χ2n) is 9.07. The number of amides is 4. The minimum atomic E-state index is -0.850. The van der Waals surface area contributed by atoms with Crippen LogP contribution in [0.25, 0.3) is 11.3 Å². The van der Waals surface area contributed by atoms with Crippen LogP contribution in [-0.2, 0) is 9.59 Å². The highest BCUT2D eigenvalue weighted by Crippen LogP contribution is 2.28. The monoisotopic (exact) mass is 503 g/mol. The number of likely N-dealkylation sites (tertiary alicyclic amines) is 2. The summed E-state index contributed by atoms with van der Waals surface area (Å²) in [5.74, 6) is -0.525. The van der Waals surface area contributed by atoms with Crippen LogP contribution in [0, 0.1) is 0 Å². The predicted molar refractivity (Wildman–Crippen MR) is 139 cm³/mol. The summed E-state index contributed by atoms with van der Waals surface area (Å²) in [6, 6.07) is 17.3. The van der Waals surface area contributed by atoms with Crippen LogP contribution in [-0.4, -0.2) is 58.3 Å². The molecule has 5 rings (SSSR count). The molecule has 2 aliphatic heterocycles. The molecule has 8 nitrogen and oxygen atoms in total. The van der Waals surface area contributed by atoms with Crippen LogP contribution >= 0.6 is 11.3 Å². The number of carbonyl (C=O) groups is 3. The second kappa shape index (κ2) is 10.9. The van der Waals surface area contributed by atoms with E-state index in [0.29, 0.717) is 36.8 Å². The van der Waals surface area contributed by atoms with E-state index >= 15 is 0 Å². The SMILES string of the molecule is O=C(Nc1nc(-c2ccccc2)cs1)[C@@H]1CCCN1C(=O)[C@H](NC(=O)N1CCCC1)c1ccccc1. The molecule has 2 saturated heterocycles. The number of benzene rings is 2. The Bertz CT molecular complexity index is 1210. The van der Waals surface area contributed by atoms with E-state index in [1.807, 2.05) is 66.0 Å². The third kappa shape index (κ3) is 5.26. The molecule has 4 amide bonds. The third-order valence-corrected chi connectivity index (χ3v) is 7.44. The van der Waals surface area contributed by atoms with Gasteiger partial charge in [0.25, 0.3) is 5.91 Å². The standard InChI is InChI=1S/C27H29N5O3S/c33-24(30-26-28-21(18-36-26)19-10-3-1-4-11-19)22-14-9-17-32(22)25(34)23(20-12-5-2-6-13-20)29-27(35)31-15-7-8-16-31/h1-6,10-13,18,22-23H,7-9,14-17H2,(H,29,35)(H,28,30,33)/t22-,23+/m0/s1. The Morgan fingerprint density at radius 1 is 0.917 bits per heavy atom. The van der Waals surface area contributed by atoms with E-state index in [-0.39, 0.29) is 17.8 Å². The Labute approximate surface area is 214 Å². The van der Waals surface area contributed by atoms with Gasteiger partial charge >= 0.3 is 6.03 Å². The van der Waals surface area contributed by atoms with Crippen molar-refractivity contribution in [1.82, 2.24) is 20.1 Å². The smallest absolute Gasteiger partial charge is 0.318 e. The first kappa shape index (κ1) is 24.0. The molecule has 0 unspecified atom stereocenters. The van der Waals surface area contributed by atoms with E-state index in [1.165, 1.54) is 11.3 Å². The van der Waals surface area contributed by atoms with Crippen LogP contribution in [0.5, 0.6) is 0 Å². The van der Waals surface area contributed by atoms with Crippen LogP contribution in [0.2, 0.25) is 0 Å². The molecule has 2 N–H and O–H groups in total. The molecule has 0 saturated carbocycles. The Morgan fingerprint density at radius 3 is 2.33 bits per heavy atom. The van der Waals surface area contributed by atoms with Crippen molar-refractivity contribution < 1.29 is 14.4 Å². The van der Waals surface area contributed by atoms with E-state index < -0.39 is 12.1 Å². The van der Waals surface area contributed by atoms with Gasteiger partial charge in [0.15, 0.2) is 5.13 Å². The Morgan fingerprint density at radius 2 is 1.61 bits per heavy atom. The average molecular weight is 504 g/mol. The van der Waals surface area contributed by atoms with Gasteiger partial charge in [0.2, 0.25) is 5.91 Å². The molecule has 0 bridgehead atoms. The van der Waals surface area contributed by atoms with Gasteiger partial charge in [-0.05, 0) is 31.2 Å². The molecule has 2 aliphatic rings. The lowest BCUT2D eigenvalue weighted by molar-refractivity contribution is -0.138. The number of nitrogens with zero attached hydrogens (tertiary/aromatic N) is 3. The molecule has 186 valence electrons. The van der Waals surface area contributed by atoms with Crippen molar-refractivity contribution in [3.63, 3.8) is 0 Å². The van der Waals surface area contributed by atoms with Gasteiger partial charge in [0.05, 0.1) is 5.69 Å². The number of anilines is 1. The maximum Gasteiger partial charge on any atom is 0.318 e. The fourth-order valence-corrected chi connectivity index (χ4v) is 5.52. The number of hydrogen-bond donors (Lipinski definition) is 2. The number of thiazole rings is 1. The Kier molecular flexibility index (Phi) is 7.27. The summed E-state index contributed by atoms with van der Waals surface area (Å²) < 4.78 is 0. The van der Waals surface area contributed by atoms with E-state index in [0.717, 1.165) is 30.5 Å². The molecule has 2 fully saturated rings. The van der Waals surface area contributed by atoms with Crippen molar-refractivity contribution in [3.8, 4) is 11.3 Å². The predicted octanol–water partition coefficient (Wildman–Crippen LogP) is 4.29. The summed E-state index contributed by atoms with van der Waals surface area (Å²) in [5.41, 5.74) is 2.48. The molecule has 0 aliphatic carbocycles. The number of aromatic nitrogens is 1. The maximum absolute atomic E-state index is 13.8. The summed E-state index contributed by atoms with van der Waals surface area (Å²) >= 11 is 1.36. The minimum absolute atomic E-state index is 0.244. The molecular weight excluding hydrogens is 474 g/mol.